The predicted molar refractivity (Wildman–Crippen MR) is 146 cm³/mol. The fourth-order valence-corrected chi connectivity index (χ4v) is 9.46. The number of pyridine rings is 1. The van der Waals surface area contributed by atoms with Crippen molar-refractivity contribution >= 4 is 5.97 Å². The van der Waals surface area contributed by atoms with Crippen molar-refractivity contribution in [1.82, 2.24) is 4.98 Å². The smallest absolute Gasteiger partial charge is 0.339 e. The first-order valence-electron chi connectivity index (χ1n) is 15.0. The highest BCUT2D eigenvalue weighted by Gasteiger charge is 2.59. The van der Waals surface area contributed by atoms with Crippen LogP contribution in [-0.2, 0) is 4.74 Å². The zero-order chi connectivity index (χ0) is 25.5. The minimum atomic E-state index is -0.223. The van der Waals surface area contributed by atoms with Crippen molar-refractivity contribution in [3.8, 4) is 0 Å². The molecule has 36 heavy (non-hydrogen) atoms. The lowest BCUT2D eigenvalue weighted by Crippen LogP contribution is -2.51. The Morgan fingerprint density at radius 2 is 1.92 bits per heavy atom. The molecule has 1 aromatic rings. The van der Waals surface area contributed by atoms with E-state index in [9.17, 15) is 4.79 Å². The number of ether oxygens (including phenoxy) is 1. The molecular formula is C33H49NO2. The topological polar surface area (TPSA) is 39.2 Å². The van der Waals surface area contributed by atoms with Crippen LogP contribution in [0.1, 0.15) is 116 Å². The average molecular weight is 492 g/mol. The van der Waals surface area contributed by atoms with Crippen molar-refractivity contribution < 1.29 is 9.53 Å². The van der Waals surface area contributed by atoms with Crippen LogP contribution in [-0.4, -0.2) is 17.1 Å². The number of hydrogen-bond acceptors (Lipinski definition) is 3. The number of carbonyl (C=O) groups excluding carboxylic acids is 1. The normalized spacial score (nSPS) is 38.5. The van der Waals surface area contributed by atoms with Gasteiger partial charge in [0.05, 0.1) is 5.56 Å². The number of carbonyl (C=O) groups is 1. The Morgan fingerprint density at radius 3 is 2.67 bits per heavy atom. The average Bonchev–Trinajstić information content (AvgIpc) is 3.22. The molecule has 0 aliphatic heterocycles. The maximum atomic E-state index is 12.6. The number of allylic oxidation sites excluding steroid dienone is 1. The maximum Gasteiger partial charge on any atom is 0.339 e. The molecule has 0 bridgehead atoms. The van der Waals surface area contributed by atoms with Gasteiger partial charge in [-0.25, -0.2) is 4.79 Å². The van der Waals surface area contributed by atoms with Gasteiger partial charge in [0.1, 0.15) is 6.10 Å². The Bertz CT molecular complexity index is 954. The summed E-state index contributed by atoms with van der Waals surface area (Å²) in [6.07, 6.45) is 20.1. The highest BCUT2D eigenvalue weighted by molar-refractivity contribution is 5.89. The Kier molecular flexibility index (Phi) is 7.40. The fraction of sp³-hybridized carbons (Fsp3) is 0.758. The van der Waals surface area contributed by atoms with Gasteiger partial charge in [-0.1, -0.05) is 65.5 Å². The molecule has 0 unspecified atom stereocenters. The summed E-state index contributed by atoms with van der Waals surface area (Å²) in [5.41, 5.74) is 2.97. The van der Waals surface area contributed by atoms with Gasteiger partial charge in [0, 0.05) is 18.8 Å². The van der Waals surface area contributed by atoms with E-state index in [0.717, 1.165) is 54.8 Å². The van der Waals surface area contributed by atoms with Crippen molar-refractivity contribution in [3.05, 3.63) is 41.7 Å². The second-order valence-electron chi connectivity index (χ2n) is 13.8. The summed E-state index contributed by atoms with van der Waals surface area (Å²) in [7, 11) is 0. The Balaban J connectivity index is 1.25. The summed E-state index contributed by atoms with van der Waals surface area (Å²) in [5, 5.41) is 0. The van der Waals surface area contributed by atoms with Crippen LogP contribution < -0.4 is 0 Å². The van der Waals surface area contributed by atoms with Gasteiger partial charge in [0.2, 0.25) is 0 Å². The third-order valence-electron chi connectivity index (χ3n) is 11.4. The largest absolute Gasteiger partial charge is 0.458 e. The molecule has 0 N–H and O–H groups in total. The summed E-state index contributed by atoms with van der Waals surface area (Å²) in [6, 6.07) is 3.60. The molecule has 4 aliphatic carbocycles. The van der Waals surface area contributed by atoms with Crippen LogP contribution in [0.5, 0.6) is 0 Å². The molecule has 0 aromatic carbocycles. The molecule has 0 amide bonds. The monoisotopic (exact) mass is 491 g/mol. The van der Waals surface area contributed by atoms with Gasteiger partial charge in [0.25, 0.3) is 0 Å². The molecule has 5 rings (SSSR count). The molecule has 3 saturated carbocycles. The summed E-state index contributed by atoms with van der Waals surface area (Å²) in [5.74, 6) is 4.93. The number of esters is 1. The molecule has 0 saturated heterocycles. The quantitative estimate of drug-likeness (QED) is 0.283. The van der Waals surface area contributed by atoms with Gasteiger partial charge in [-0.2, -0.15) is 0 Å². The van der Waals surface area contributed by atoms with Gasteiger partial charge < -0.3 is 4.74 Å². The fourth-order valence-electron chi connectivity index (χ4n) is 9.46. The number of rotatable bonds is 7. The van der Waals surface area contributed by atoms with Gasteiger partial charge in [-0.3, -0.25) is 4.98 Å². The number of nitrogens with zero attached hydrogens (tertiary/aromatic N) is 1. The van der Waals surface area contributed by atoms with Gasteiger partial charge in [-0.15, -0.1) is 0 Å². The van der Waals surface area contributed by atoms with E-state index in [1.807, 2.05) is 0 Å². The summed E-state index contributed by atoms with van der Waals surface area (Å²) in [4.78, 5) is 16.7. The summed E-state index contributed by atoms with van der Waals surface area (Å²) >= 11 is 0. The van der Waals surface area contributed by atoms with Crippen LogP contribution in [0.3, 0.4) is 0 Å². The van der Waals surface area contributed by atoms with Crippen LogP contribution in [0.15, 0.2) is 36.2 Å². The molecule has 3 nitrogen and oxygen atoms in total. The first kappa shape index (κ1) is 26.0. The minimum absolute atomic E-state index is 0.00462. The number of fused-ring (bicyclic) bond motifs is 5. The molecule has 0 radical (unpaired) electrons. The van der Waals surface area contributed by atoms with Crippen LogP contribution in [0.2, 0.25) is 0 Å². The van der Waals surface area contributed by atoms with Crippen LogP contribution in [0.25, 0.3) is 0 Å². The van der Waals surface area contributed by atoms with Crippen molar-refractivity contribution in [3.63, 3.8) is 0 Å². The Hall–Kier alpha value is -1.64. The summed E-state index contributed by atoms with van der Waals surface area (Å²) < 4.78 is 5.96. The van der Waals surface area contributed by atoms with Crippen LogP contribution in [0.4, 0.5) is 0 Å². The van der Waals surface area contributed by atoms with E-state index in [4.69, 9.17) is 4.74 Å². The molecule has 1 heterocycles. The standard InChI is InChI=1S/C33H49NO2/c1-22(2)8-6-9-23(3)28-13-14-29-27-12-11-25-20-26(36-31(35)24-10-7-19-34-21-24)15-17-32(25,4)30(27)16-18-33(28,29)5/h7,10-11,19,21-23,26-30H,6,8-9,12-18,20H2,1-5H3/t23-,26+,27-,28+,29-,30-,32+,33-/m1/s1. The number of hydrogen-bond donors (Lipinski definition) is 0. The van der Waals surface area contributed by atoms with Crippen molar-refractivity contribution in [2.75, 3.05) is 0 Å². The maximum absolute atomic E-state index is 12.6. The molecule has 0 spiro atoms. The minimum Gasteiger partial charge on any atom is -0.458 e. The molecule has 198 valence electrons. The third-order valence-corrected chi connectivity index (χ3v) is 11.4. The molecule has 3 fully saturated rings. The van der Waals surface area contributed by atoms with E-state index in [0.29, 0.717) is 16.4 Å². The third kappa shape index (κ3) is 4.69. The molecule has 1 aromatic heterocycles. The lowest BCUT2D eigenvalue weighted by Gasteiger charge is -2.58. The van der Waals surface area contributed by atoms with Gasteiger partial charge in [-0.05, 0) is 103 Å². The van der Waals surface area contributed by atoms with E-state index < -0.39 is 0 Å². The van der Waals surface area contributed by atoms with Gasteiger partial charge >= 0.3 is 5.97 Å². The van der Waals surface area contributed by atoms with E-state index in [2.05, 4.69) is 45.7 Å². The highest BCUT2D eigenvalue weighted by Crippen LogP contribution is 2.67. The lowest BCUT2D eigenvalue weighted by atomic mass is 9.47. The zero-order valence-corrected chi connectivity index (χ0v) is 23.5. The second kappa shape index (κ2) is 10.3. The first-order chi connectivity index (χ1) is 17.2. The van der Waals surface area contributed by atoms with E-state index in [-0.39, 0.29) is 12.1 Å². The van der Waals surface area contributed by atoms with Crippen molar-refractivity contribution in [1.29, 1.82) is 0 Å². The second-order valence-corrected chi connectivity index (χ2v) is 13.8. The zero-order valence-electron chi connectivity index (χ0n) is 23.5. The molecular weight excluding hydrogens is 442 g/mol. The first-order valence-corrected chi connectivity index (χ1v) is 15.0. The van der Waals surface area contributed by atoms with E-state index in [1.165, 1.54) is 51.4 Å². The molecule has 3 heteroatoms. The van der Waals surface area contributed by atoms with Crippen LogP contribution >= 0.6 is 0 Å². The molecule has 8 atom stereocenters. The van der Waals surface area contributed by atoms with E-state index in [1.54, 1.807) is 30.1 Å². The SMILES string of the molecule is CC(C)CCC[C@@H](C)[C@@H]1CC[C@@H]2[C@H]3CC=C4C[C@@H](OC(=O)c5cccnc5)CC[C@]4(C)[C@@H]3CC[C@@]21C. The van der Waals surface area contributed by atoms with Crippen molar-refractivity contribution in [2.45, 2.75) is 111 Å². The Labute approximate surface area is 219 Å². The summed E-state index contributed by atoms with van der Waals surface area (Å²) in [6.45, 7) is 12.5. The Morgan fingerprint density at radius 1 is 1.08 bits per heavy atom. The van der Waals surface area contributed by atoms with Crippen LogP contribution in [0, 0.1) is 46.3 Å². The predicted octanol–water partition coefficient (Wildman–Crippen LogP) is 8.65. The van der Waals surface area contributed by atoms with Gasteiger partial charge in [0.15, 0.2) is 0 Å². The van der Waals surface area contributed by atoms with Crippen molar-refractivity contribution in [2.24, 2.45) is 46.3 Å². The highest BCUT2D eigenvalue weighted by atomic mass is 16.5. The van der Waals surface area contributed by atoms with E-state index >= 15 is 0 Å². The number of aromatic nitrogens is 1. The lowest BCUT2D eigenvalue weighted by molar-refractivity contribution is -0.0594. The molecule has 4 aliphatic rings.